The molecule has 3 heteroatoms. The van der Waals surface area contributed by atoms with Crippen molar-refractivity contribution in [3.63, 3.8) is 0 Å². The Kier molecular flexibility index (Phi) is 2.09. The minimum atomic E-state index is -1.22. The van der Waals surface area contributed by atoms with Crippen LogP contribution in [0.25, 0.3) is 0 Å². The van der Waals surface area contributed by atoms with Crippen LogP contribution in [0.1, 0.15) is 13.3 Å². The summed E-state index contributed by atoms with van der Waals surface area (Å²) in [6.07, 6.45) is 3.52. The van der Waals surface area contributed by atoms with Crippen LogP contribution in [0.4, 0.5) is 0 Å². The van der Waals surface area contributed by atoms with Crippen molar-refractivity contribution < 1.29 is 5.11 Å². The summed E-state index contributed by atoms with van der Waals surface area (Å²) in [4.78, 5) is 0. The van der Waals surface area contributed by atoms with E-state index < -0.39 is 5.06 Å². The summed E-state index contributed by atoms with van der Waals surface area (Å²) in [7, 11) is 0. The Balaban J connectivity index is 2.85. The average Bonchev–Trinajstić information content (AvgIpc) is 1.79. The van der Waals surface area contributed by atoms with Gasteiger partial charge in [-0.25, -0.2) is 0 Å². The standard InChI is InChI=1S/C7H8Cl2O/c1-5-4-7(9,10)3-2-6(5)8/h2-3,10H,4H2,1H3. The van der Waals surface area contributed by atoms with Gasteiger partial charge in [0, 0.05) is 11.5 Å². The molecule has 1 nitrogen and oxygen atoms in total. The average molecular weight is 179 g/mol. The van der Waals surface area contributed by atoms with E-state index in [1.54, 1.807) is 6.08 Å². The van der Waals surface area contributed by atoms with E-state index in [1.807, 2.05) is 6.92 Å². The molecule has 0 spiro atoms. The second-order valence-corrected chi connectivity index (χ2v) is 3.52. The van der Waals surface area contributed by atoms with Crippen molar-refractivity contribution in [2.75, 3.05) is 0 Å². The Morgan fingerprint density at radius 1 is 1.70 bits per heavy atom. The van der Waals surface area contributed by atoms with Crippen LogP contribution in [0.3, 0.4) is 0 Å². The molecule has 1 unspecified atom stereocenters. The van der Waals surface area contributed by atoms with E-state index in [0.29, 0.717) is 11.5 Å². The van der Waals surface area contributed by atoms with Crippen molar-refractivity contribution in [3.05, 3.63) is 22.8 Å². The third-order valence-corrected chi connectivity index (χ3v) is 2.11. The molecule has 0 saturated carbocycles. The van der Waals surface area contributed by atoms with E-state index in [0.717, 1.165) is 5.57 Å². The van der Waals surface area contributed by atoms with Gasteiger partial charge in [-0.05, 0) is 19.1 Å². The fraction of sp³-hybridized carbons (Fsp3) is 0.429. The van der Waals surface area contributed by atoms with E-state index in [1.165, 1.54) is 6.08 Å². The smallest absolute Gasteiger partial charge is 0.161 e. The van der Waals surface area contributed by atoms with Gasteiger partial charge in [-0.2, -0.15) is 0 Å². The lowest BCUT2D eigenvalue weighted by molar-refractivity contribution is 0.178. The summed E-state index contributed by atoms with van der Waals surface area (Å²) in [6.45, 7) is 1.85. The fourth-order valence-electron chi connectivity index (χ4n) is 0.858. The van der Waals surface area contributed by atoms with Crippen molar-refractivity contribution in [2.45, 2.75) is 18.4 Å². The highest BCUT2D eigenvalue weighted by atomic mass is 35.5. The molecule has 1 N–H and O–H groups in total. The Hall–Kier alpha value is 0.0200. The second kappa shape index (κ2) is 2.57. The van der Waals surface area contributed by atoms with Crippen LogP contribution in [0, 0.1) is 0 Å². The Labute approximate surface area is 69.9 Å². The van der Waals surface area contributed by atoms with E-state index in [-0.39, 0.29) is 0 Å². The first-order valence-electron chi connectivity index (χ1n) is 2.97. The molecule has 0 heterocycles. The fourth-order valence-corrected chi connectivity index (χ4v) is 1.25. The quantitative estimate of drug-likeness (QED) is 0.566. The van der Waals surface area contributed by atoms with Gasteiger partial charge in [0.2, 0.25) is 0 Å². The first-order chi connectivity index (χ1) is 4.51. The maximum atomic E-state index is 9.25. The molecular weight excluding hydrogens is 171 g/mol. The van der Waals surface area contributed by atoms with Crippen molar-refractivity contribution >= 4 is 23.2 Å². The Bertz CT molecular complexity index is 204. The van der Waals surface area contributed by atoms with E-state index in [9.17, 15) is 5.11 Å². The van der Waals surface area contributed by atoms with Crippen LogP contribution in [-0.2, 0) is 0 Å². The topological polar surface area (TPSA) is 20.2 Å². The molecular formula is C7H8Cl2O. The zero-order chi connectivity index (χ0) is 7.78. The van der Waals surface area contributed by atoms with Gasteiger partial charge < -0.3 is 5.11 Å². The monoisotopic (exact) mass is 178 g/mol. The minimum Gasteiger partial charge on any atom is -0.371 e. The molecule has 0 radical (unpaired) electrons. The van der Waals surface area contributed by atoms with Crippen LogP contribution in [0.2, 0.25) is 0 Å². The third kappa shape index (κ3) is 1.75. The third-order valence-electron chi connectivity index (χ3n) is 1.41. The molecule has 0 bridgehead atoms. The maximum absolute atomic E-state index is 9.25. The largest absolute Gasteiger partial charge is 0.371 e. The molecule has 1 aliphatic rings. The maximum Gasteiger partial charge on any atom is 0.161 e. The number of aliphatic hydroxyl groups is 1. The van der Waals surface area contributed by atoms with Gasteiger partial charge in [-0.3, -0.25) is 0 Å². The van der Waals surface area contributed by atoms with Crippen LogP contribution in [0.5, 0.6) is 0 Å². The molecule has 0 aromatic heterocycles. The molecule has 1 rings (SSSR count). The molecule has 0 aliphatic heterocycles. The van der Waals surface area contributed by atoms with Crippen LogP contribution in [-0.4, -0.2) is 10.2 Å². The first-order valence-corrected chi connectivity index (χ1v) is 3.73. The van der Waals surface area contributed by atoms with Crippen LogP contribution < -0.4 is 0 Å². The number of alkyl halides is 1. The highest BCUT2D eigenvalue weighted by Crippen LogP contribution is 2.31. The number of hydrogen-bond donors (Lipinski definition) is 1. The molecule has 0 aromatic rings. The van der Waals surface area contributed by atoms with Crippen molar-refractivity contribution in [2.24, 2.45) is 0 Å². The van der Waals surface area contributed by atoms with Crippen LogP contribution >= 0.6 is 23.2 Å². The summed E-state index contributed by atoms with van der Waals surface area (Å²) < 4.78 is 0. The first kappa shape index (κ1) is 8.12. The van der Waals surface area contributed by atoms with E-state index in [2.05, 4.69) is 0 Å². The van der Waals surface area contributed by atoms with E-state index >= 15 is 0 Å². The van der Waals surface area contributed by atoms with Gasteiger partial charge in [-0.1, -0.05) is 28.8 Å². The number of halogens is 2. The lowest BCUT2D eigenvalue weighted by Crippen LogP contribution is -2.19. The normalized spacial score (nSPS) is 33.2. The summed E-state index contributed by atoms with van der Waals surface area (Å²) in [5.41, 5.74) is 0.918. The lowest BCUT2D eigenvalue weighted by Gasteiger charge is -2.20. The van der Waals surface area contributed by atoms with Crippen molar-refractivity contribution in [3.8, 4) is 0 Å². The molecule has 0 aromatic carbocycles. The minimum absolute atomic E-state index is 0.407. The highest BCUT2D eigenvalue weighted by molar-refractivity contribution is 6.32. The summed E-state index contributed by atoms with van der Waals surface area (Å²) in [6, 6.07) is 0. The van der Waals surface area contributed by atoms with Gasteiger partial charge in [0.05, 0.1) is 0 Å². The summed E-state index contributed by atoms with van der Waals surface area (Å²) >= 11 is 11.3. The van der Waals surface area contributed by atoms with Gasteiger partial charge >= 0.3 is 0 Å². The van der Waals surface area contributed by atoms with Gasteiger partial charge in [0.25, 0.3) is 0 Å². The molecule has 56 valence electrons. The summed E-state index contributed by atoms with van der Waals surface area (Å²) in [5, 5.41) is 8.70. The molecule has 1 atom stereocenters. The molecule has 0 fully saturated rings. The zero-order valence-corrected chi connectivity index (χ0v) is 7.08. The molecule has 0 amide bonds. The van der Waals surface area contributed by atoms with Gasteiger partial charge in [0.1, 0.15) is 0 Å². The summed E-state index contributed by atoms with van der Waals surface area (Å²) in [5.74, 6) is 0. The van der Waals surface area contributed by atoms with Gasteiger partial charge in [-0.15, -0.1) is 0 Å². The molecule has 0 saturated heterocycles. The van der Waals surface area contributed by atoms with Crippen molar-refractivity contribution in [1.82, 2.24) is 0 Å². The number of allylic oxidation sites excluding steroid dienone is 2. The number of rotatable bonds is 0. The lowest BCUT2D eigenvalue weighted by atomic mass is 10.0. The second-order valence-electron chi connectivity index (χ2n) is 2.46. The van der Waals surface area contributed by atoms with Crippen molar-refractivity contribution in [1.29, 1.82) is 0 Å². The van der Waals surface area contributed by atoms with Gasteiger partial charge in [0.15, 0.2) is 5.06 Å². The Morgan fingerprint density at radius 2 is 2.30 bits per heavy atom. The predicted molar refractivity (Wildman–Crippen MR) is 43.1 cm³/mol. The number of hydrogen-bond acceptors (Lipinski definition) is 1. The van der Waals surface area contributed by atoms with E-state index in [4.69, 9.17) is 23.2 Å². The molecule has 1 aliphatic carbocycles. The zero-order valence-electron chi connectivity index (χ0n) is 5.56. The Morgan fingerprint density at radius 3 is 2.70 bits per heavy atom. The molecule has 10 heavy (non-hydrogen) atoms. The highest BCUT2D eigenvalue weighted by Gasteiger charge is 2.23. The SMILES string of the molecule is CC1=C(Cl)C=CC(O)(Cl)C1. The predicted octanol–water partition coefficient (Wildman–Crippen LogP) is 2.39. The van der Waals surface area contributed by atoms with Crippen LogP contribution in [0.15, 0.2) is 22.8 Å².